The molecule has 7 aliphatic rings. The van der Waals surface area contributed by atoms with E-state index in [1.165, 1.54) is 159 Å². The van der Waals surface area contributed by atoms with Crippen LogP contribution in [0.2, 0.25) is 0 Å². The van der Waals surface area contributed by atoms with E-state index in [4.69, 9.17) is 0 Å². The Morgan fingerprint density at radius 2 is 0.988 bits per heavy atom. The predicted molar refractivity (Wildman–Crippen MR) is 350 cm³/mol. The van der Waals surface area contributed by atoms with Gasteiger partial charge in [-0.1, -0.05) is 195 Å². The lowest BCUT2D eigenvalue weighted by Crippen LogP contribution is -2.62. The summed E-state index contributed by atoms with van der Waals surface area (Å²) in [4.78, 5) is 8.28. The van der Waals surface area contributed by atoms with Gasteiger partial charge in [-0.25, -0.2) is 0 Å². The molecule has 0 saturated heterocycles. The van der Waals surface area contributed by atoms with Gasteiger partial charge in [-0.15, -0.1) is 0 Å². The molecular formula is C78H84BN3. The van der Waals surface area contributed by atoms with E-state index in [0.717, 1.165) is 12.8 Å². The van der Waals surface area contributed by atoms with Crippen LogP contribution in [0.5, 0.6) is 0 Å². The Morgan fingerprint density at radius 1 is 0.415 bits per heavy atom. The van der Waals surface area contributed by atoms with E-state index >= 15 is 0 Å². The van der Waals surface area contributed by atoms with E-state index in [1.807, 2.05) is 0 Å². The highest BCUT2D eigenvalue weighted by Gasteiger charge is 2.58. The van der Waals surface area contributed by atoms with Crippen LogP contribution in [0.25, 0.3) is 11.1 Å². The summed E-state index contributed by atoms with van der Waals surface area (Å²) < 4.78 is 0. The Bertz CT molecular complexity index is 4140. The molecule has 3 heterocycles. The lowest BCUT2D eigenvalue weighted by Gasteiger charge is -2.51. The summed E-state index contributed by atoms with van der Waals surface area (Å²) in [7, 11) is 0. The molecule has 0 radical (unpaired) electrons. The van der Waals surface area contributed by atoms with Crippen molar-refractivity contribution in [1.29, 1.82) is 0 Å². The molecule has 0 spiro atoms. The minimum Gasteiger partial charge on any atom is -0.334 e. The Labute approximate surface area is 491 Å². The van der Waals surface area contributed by atoms with Gasteiger partial charge in [0.1, 0.15) is 0 Å². The maximum absolute atomic E-state index is 2.82. The zero-order chi connectivity index (χ0) is 57.5. The van der Waals surface area contributed by atoms with E-state index in [2.05, 4.69) is 272 Å². The van der Waals surface area contributed by atoms with Crippen LogP contribution in [-0.2, 0) is 37.9 Å². The molecule has 3 nitrogen and oxygen atoms in total. The van der Waals surface area contributed by atoms with Gasteiger partial charge in [-0.05, 0) is 205 Å². The van der Waals surface area contributed by atoms with Gasteiger partial charge in [0.2, 0.25) is 0 Å². The van der Waals surface area contributed by atoms with Gasteiger partial charge in [-0.2, -0.15) is 0 Å². The number of nitrogens with zero attached hydrogens (tertiary/aromatic N) is 3. The molecule has 4 heteroatoms. The number of hydrogen-bond donors (Lipinski definition) is 0. The summed E-state index contributed by atoms with van der Waals surface area (Å²) >= 11 is 0. The molecule has 82 heavy (non-hydrogen) atoms. The molecule has 1 fully saturated rings. The SMILES string of the molecule is Cc1cc2c3c(c1)N(c1cc4c(cc1C)C(C)(C)CC4(C)C)c1cc4c(cc1B3c1ccc(N3c5ccc(C(C)(C)C)cc5C5(C)CCCCC35C)cc1N2c1ccc2c(c1)-c1ccccc1C2(C)C)C(C)(C)c1ccccc1C4(C)C. The maximum Gasteiger partial charge on any atom is 0.252 e. The molecule has 3 aliphatic heterocycles. The Kier molecular flexibility index (Phi) is 10.4. The average Bonchev–Trinajstić information content (AvgIpc) is 3.81. The first kappa shape index (κ1) is 52.1. The first-order chi connectivity index (χ1) is 38.6. The second-order valence-electron chi connectivity index (χ2n) is 31.0. The molecule has 0 bridgehead atoms. The van der Waals surface area contributed by atoms with E-state index in [-0.39, 0.29) is 50.2 Å². The van der Waals surface area contributed by atoms with Gasteiger partial charge < -0.3 is 14.7 Å². The van der Waals surface area contributed by atoms with Gasteiger partial charge >= 0.3 is 0 Å². The summed E-state index contributed by atoms with van der Waals surface area (Å²) in [6.45, 7) is 41.6. The largest absolute Gasteiger partial charge is 0.334 e. The third-order valence-electron chi connectivity index (χ3n) is 22.9. The lowest BCUT2D eigenvalue weighted by atomic mass is 9.33. The Morgan fingerprint density at radius 3 is 1.68 bits per heavy atom. The summed E-state index contributed by atoms with van der Waals surface area (Å²) in [5.41, 5.74) is 33.7. The van der Waals surface area contributed by atoms with Crippen LogP contribution in [0.15, 0.2) is 140 Å². The molecule has 0 amide bonds. The van der Waals surface area contributed by atoms with Crippen molar-refractivity contribution in [3.8, 4) is 11.1 Å². The van der Waals surface area contributed by atoms with Crippen molar-refractivity contribution in [1.82, 2.24) is 0 Å². The highest BCUT2D eigenvalue weighted by atomic mass is 15.3. The van der Waals surface area contributed by atoms with Crippen LogP contribution in [0.1, 0.15) is 203 Å². The van der Waals surface area contributed by atoms with Crippen LogP contribution in [-0.4, -0.2) is 12.3 Å². The molecule has 0 N–H and O–H groups in total. The summed E-state index contributed by atoms with van der Waals surface area (Å²) in [5.74, 6) is 0. The predicted octanol–water partition coefficient (Wildman–Crippen LogP) is 18.7. The monoisotopic (exact) mass is 1070 g/mol. The van der Waals surface area contributed by atoms with Crippen LogP contribution in [0.3, 0.4) is 0 Å². The summed E-state index contributed by atoms with van der Waals surface area (Å²) in [6, 6.07) is 56.9. The lowest BCUT2D eigenvalue weighted by molar-refractivity contribution is 0.195. The van der Waals surface area contributed by atoms with E-state index in [9.17, 15) is 0 Å². The zero-order valence-corrected chi connectivity index (χ0v) is 52.2. The van der Waals surface area contributed by atoms with Crippen LogP contribution in [0.4, 0.5) is 45.5 Å². The topological polar surface area (TPSA) is 9.72 Å². The molecular weight excluding hydrogens is 990 g/mol. The first-order valence-electron chi connectivity index (χ1n) is 31.1. The fourth-order valence-corrected chi connectivity index (χ4v) is 18.5. The Hall–Kier alpha value is -6.78. The number of fused-ring (bicyclic) bond motifs is 13. The number of hydrogen-bond acceptors (Lipinski definition) is 3. The second kappa shape index (κ2) is 16.3. The van der Waals surface area contributed by atoms with E-state index in [1.54, 1.807) is 0 Å². The molecule has 414 valence electrons. The highest BCUT2D eigenvalue weighted by molar-refractivity contribution is 7.00. The fraction of sp³-hybridized carbons (Fsp3) is 0.385. The normalized spacial score (nSPS) is 22.7. The van der Waals surface area contributed by atoms with Gasteiger partial charge in [0.25, 0.3) is 6.71 Å². The van der Waals surface area contributed by atoms with Crippen LogP contribution >= 0.6 is 0 Å². The quantitative estimate of drug-likeness (QED) is 0.163. The summed E-state index contributed by atoms with van der Waals surface area (Å²) in [5, 5.41) is 0. The average molecular weight is 1070 g/mol. The van der Waals surface area contributed by atoms with Crippen molar-refractivity contribution < 1.29 is 0 Å². The van der Waals surface area contributed by atoms with Gasteiger partial charge in [0.15, 0.2) is 0 Å². The molecule has 15 rings (SSSR count). The van der Waals surface area contributed by atoms with Gasteiger partial charge in [0, 0.05) is 67.2 Å². The minimum atomic E-state index is -0.225. The van der Waals surface area contributed by atoms with Crippen molar-refractivity contribution in [2.24, 2.45) is 0 Å². The highest BCUT2D eigenvalue weighted by Crippen LogP contribution is 2.63. The van der Waals surface area contributed by atoms with Crippen molar-refractivity contribution in [2.45, 2.75) is 193 Å². The summed E-state index contributed by atoms with van der Waals surface area (Å²) in [6.07, 6.45) is 5.96. The maximum atomic E-state index is 2.82. The Balaban J connectivity index is 1.04. The standard InChI is InChI=1S/C78H84BN3/c1-46-36-68-70-69(37-46)81(65-43-58-57(38-47(65)2)72(6,7)45-73(58,8)9)67-44-60-59(75(12,13)55-26-20-21-27-56(55)76(60,14)15)42-63(67)79(70)62-32-30-50(82-64-33-28-48(71(3,4)5)39-61(64)77(16)34-22-23-35-78(77,82)17)41-66(62)80(68)49-29-31-54-52(40-49)51-24-18-19-25-53(51)74(54,10)11/h18-21,24-33,36-44H,22-23,34-35,45H2,1-17H3. The van der Waals surface area contributed by atoms with Crippen molar-refractivity contribution in [2.75, 3.05) is 14.7 Å². The third kappa shape index (κ3) is 6.62. The molecule has 1 saturated carbocycles. The smallest absolute Gasteiger partial charge is 0.252 e. The number of rotatable bonds is 3. The molecule has 2 unspecified atom stereocenters. The molecule has 2 atom stereocenters. The van der Waals surface area contributed by atoms with Crippen LogP contribution < -0.4 is 31.1 Å². The molecule has 8 aromatic rings. The van der Waals surface area contributed by atoms with Crippen LogP contribution in [0, 0.1) is 13.8 Å². The van der Waals surface area contributed by atoms with E-state index < -0.39 is 0 Å². The molecule has 8 aromatic carbocycles. The zero-order valence-electron chi connectivity index (χ0n) is 52.2. The van der Waals surface area contributed by atoms with Crippen molar-refractivity contribution in [3.63, 3.8) is 0 Å². The van der Waals surface area contributed by atoms with E-state index in [0.29, 0.717) is 0 Å². The van der Waals surface area contributed by atoms with Crippen molar-refractivity contribution in [3.05, 3.63) is 206 Å². The number of aryl methyl sites for hydroxylation is 2. The van der Waals surface area contributed by atoms with Gasteiger partial charge in [-0.3, -0.25) is 0 Å². The molecule has 4 aliphatic carbocycles. The number of anilines is 8. The molecule has 0 aromatic heterocycles. The first-order valence-corrected chi connectivity index (χ1v) is 31.1. The third-order valence-corrected chi connectivity index (χ3v) is 22.9. The fourth-order valence-electron chi connectivity index (χ4n) is 18.5. The second-order valence-corrected chi connectivity index (χ2v) is 31.0. The van der Waals surface area contributed by atoms with Crippen molar-refractivity contribution >= 4 is 68.6 Å². The minimum absolute atomic E-state index is 0.000932. The number of benzene rings is 8. The van der Waals surface area contributed by atoms with Gasteiger partial charge in [0.05, 0.1) is 5.54 Å².